The van der Waals surface area contributed by atoms with Gasteiger partial charge in [0.1, 0.15) is 19.3 Å². The van der Waals surface area contributed by atoms with E-state index in [1.54, 1.807) is 0 Å². The molecule has 0 aliphatic carbocycles. The minimum Gasteiger partial charge on any atom is -0.462 e. The zero-order valence-electron chi connectivity index (χ0n) is 65.8. The average molecular weight is 1470 g/mol. The summed E-state index contributed by atoms with van der Waals surface area (Å²) in [5.41, 5.74) is 0. The van der Waals surface area contributed by atoms with Crippen LogP contribution in [0.3, 0.4) is 0 Å². The second kappa shape index (κ2) is 70.1. The first-order valence-electron chi connectivity index (χ1n) is 41.8. The van der Waals surface area contributed by atoms with Crippen LogP contribution in [0.4, 0.5) is 0 Å². The third-order valence-corrected chi connectivity index (χ3v) is 21.8. The molecule has 19 heteroatoms. The van der Waals surface area contributed by atoms with Gasteiger partial charge in [-0.05, 0) is 49.4 Å². The molecule has 0 aromatic rings. The smallest absolute Gasteiger partial charge is 0.462 e. The van der Waals surface area contributed by atoms with Crippen molar-refractivity contribution in [2.75, 3.05) is 39.6 Å². The summed E-state index contributed by atoms with van der Waals surface area (Å²) in [6, 6.07) is 0. The van der Waals surface area contributed by atoms with E-state index in [4.69, 9.17) is 37.0 Å². The molecule has 0 aromatic heterocycles. The lowest BCUT2D eigenvalue weighted by Crippen LogP contribution is -2.30. The molecule has 3 N–H and O–H groups in total. The van der Waals surface area contributed by atoms with E-state index in [2.05, 4.69) is 55.4 Å². The number of ether oxygens (including phenoxy) is 4. The molecule has 0 saturated heterocycles. The Balaban J connectivity index is 5.25. The zero-order valence-corrected chi connectivity index (χ0v) is 67.6. The number of carbonyl (C=O) groups excluding carboxylic acids is 4. The van der Waals surface area contributed by atoms with Gasteiger partial charge in [-0.3, -0.25) is 37.3 Å². The highest BCUT2D eigenvalue weighted by Crippen LogP contribution is 2.45. The molecule has 594 valence electrons. The Morgan fingerprint density at radius 3 is 0.710 bits per heavy atom. The topological polar surface area (TPSA) is 237 Å². The first-order valence-corrected chi connectivity index (χ1v) is 44.8. The van der Waals surface area contributed by atoms with Crippen LogP contribution in [0.2, 0.25) is 0 Å². The number of rotatable bonds is 78. The zero-order chi connectivity index (χ0) is 73.8. The van der Waals surface area contributed by atoms with Crippen LogP contribution in [0.5, 0.6) is 0 Å². The molecule has 0 heterocycles. The molecule has 6 unspecified atom stereocenters. The maximum atomic E-state index is 13.1. The third-order valence-electron chi connectivity index (χ3n) is 19.9. The second-order valence-corrected chi connectivity index (χ2v) is 33.3. The largest absolute Gasteiger partial charge is 0.472 e. The summed E-state index contributed by atoms with van der Waals surface area (Å²) < 4.78 is 68.7. The van der Waals surface area contributed by atoms with E-state index in [9.17, 15) is 43.2 Å². The molecule has 17 nitrogen and oxygen atoms in total. The number of aliphatic hydroxyl groups is 1. The van der Waals surface area contributed by atoms with Gasteiger partial charge in [0.05, 0.1) is 26.4 Å². The maximum Gasteiger partial charge on any atom is 0.472 e. The van der Waals surface area contributed by atoms with Crippen LogP contribution in [-0.4, -0.2) is 96.7 Å². The summed E-state index contributed by atoms with van der Waals surface area (Å²) in [4.78, 5) is 73.0. The van der Waals surface area contributed by atoms with Gasteiger partial charge in [0.25, 0.3) is 0 Å². The molecule has 0 aromatic carbocycles. The van der Waals surface area contributed by atoms with Gasteiger partial charge in [0.2, 0.25) is 0 Å². The van der Waals surface area contributed by atoms with Crippen molar-refractivity contribution in [3.8, 4) is 0 Å². The SMILES string of the molecule is CCC(C)CCCCCCCCCCCCCCCCC(=O)O[C@H](COC(=O)CCCCCCCCCCCCC(C)CC)COP(=O)(O)OCC(O)COP(=O)(O)OC[C@@H](COC(=O)CCCCCCCCCC(C)C)OC(=O)CCCCCCCCCCCCCCCCC(C)CC. The Labute approximate surface area is 613 Å². The Hall–Kier alpha value is -1.94. The van der Waals surface area contributed by atoms with E-state index >= 15 is 0 Å². The number of carbonyl (C=O) groups is 4. The minimum absolute atomic E-state index is 0.107. The highest BCUT2D eigenvalue weighted by molar-refractivity contribution is 7.47. The van der Waals surface area contributed by atoms with Crippen molar-refractivity contribution in [3.05, 3.63) is 0 Å². The highest BCUT2D eigenvalue weighted by Gasteiger charge is 2.30. The minimum atomic E-state index is -4.96. The number of esters is 4. The summed E-state index contributed by atoms with van der Waals surface area (Å²) in [5, 5.41) is 10.6. The lowest BCUT2D eigenvalue weighted by atomic mass is 9.99. The van der Waals surface area contributed by atoms with Gasteiger partial charge in [0, 0.05) is 25.7 Å². The van der Waals surface area contributed by atoms with Crippen LogP contribution in [-0.2, 0) is 65.4 Å². The van der Waals surface area contributed by atoms with Crippen molar-refractivity contribution in [1.29, 1.82) is 0 Å². The van der Waals surface area contributed by atoms with Crippen molar-refractivity contribution >= 4 is 39.5 Å². The van der Waals surface area contributed by atoms with Crippen LogP contribution >= 0.6 is 15.6 Å². The van der Waals surface area contributed by atoms with Crippen molar-refractivity contribution in [1.82, 2.24) is 0 Å². The van der Waals surface area contributed by atoms with E-state index in [0.29, 0.717) is 31.6 Å². The second-order valence-electron chi connectivity index (χ2n) is 30.4. The van der Waals surface area contributed by atoms with Crippen LogP contribution in [0.25, 0.3) is 0 Å². The molecule has 0 amide bonds. The molecule has 0 bridgehead atoms. The number of unbranched alkanes of at least 4 members (excludes halogenated alkanes) is 41. The van der Waals surface area contributed by atoms with Gasteiger partial charge in [0.15, 0.2) is 12.2 Å². The normalized spacial score (nSPS) is 14.8. The van der Waals surface area contributed by atoms with Gasteiger partial charge in [-0.15, -0.1) is 0 Å². The Morgan fingerprint density at radius 2 is 0.480 bits per heavy atom. The van der Waals surface area contributed by atoms with Crippen LogP contribution in [0, 0.1) is 23.7 Å². The van der Waals surface area contributed by atoms with Crippen molar-refractivity contribution in [2.24, 2.45) is 23.7 Å². The third kappa shape index (κ3) is 70.4. The van der Waals surface area contributed by atoms with Crippen molar-refractivity contribution < 1.29 is 80.2 Å². The molecule has 0 fully saturated rings. The van der Waals surface area contributed by atoms with Gasteiger partial charge < -0.3 is 33.8 Å². The molecular formula is C81H158O17P2. The molecule has 0 radical (unpaired) electrons. The van der Waals surface area contributed by atoms with Crippen molar-refractivity contribution in [3.63, 3.8) is 0 Å². The number of phosphoric ester groups is 2. The lowest BCUT2D eigenvalue weighted by molar-refractivity contribution is -0.161. The van der Waals surface area contributed by atoms with E-state index in [1.807, 2.05) is 0 Å². The quantitative estimate of drug-likeness (QED) is 0.0222. The standard InChI is InChI=1S/C81H158O17P2/c1-9-72(6)58-50-42-34-26-20-16-12-14-18-22-30-38-47-55-63-80(85)97-76(67-91-78(83)61-53-45-37-29-25-24-28-36-44-52-60-74(8)11-3)69-95-99(87,88)93-65-75(82)66-94-100(89,90)96-70-77(68-92-79(84)62-54-46-40-32-33-41-49-57-71(4)5)98-81(86)64-56-48-39-31-23-19-15-13-17-21-27-35-43-51-59-73(7)10-2/h71-77,82H,9-70H2,1-8H3,(H,87,88)(H,89,90)/t72?,73?,74?,75?,76-,77-/m1/s1. The van der Waals surface area contributed by atoms with E-state index in [-0.39, 0.29) is 25.7 Å². The van der Waals surface area contributed by atoms with Gasteiger partial charge in [-0.25, -0.2) is 9.13 Å². The first kappa shape index (κ1) is 98.1. The van der Waals surface area contributed by atoms with E-state index < -0.39 is 97.5 Å². The monoisotopic (exact) mass is 1470 g/mol. The Bertz CT molecular complexity index is 1960. The molecule has 0 saturated carbocycles. The molecule has 0 rings (SSSR count). The first-order chi connectivity index (χ1) is 48.2. The fourth-order valence-corrected chi connectivity index (χ4v) is 13.9. The molecule has 8 atom stereocenters. The predicted molar refractivity (Wildman–Crippen MR) is 409 cm³/mol. The Kier molecular flexibility index (Phi) is 68.7. The van der Waals surface area contributed by atoms with E-state index in [0.717, 1.165) is 114 Å². The highest BCUT2D eigenvalue weighted by atomic mass is 31.2. The lowest BCUT2D eigenvalue weighted by Gasteiger charge is -2.21. The van der Waals surface area contributed by atoms with Crippen LogP contribution in [0.15, 0.2) is 0 Å². The van der Waals surface area contributed by atoms with E-state index in [1.165, 1.54) is 212 Å². The number of hydrogen-bond acceptors (Lipinski definition) is 15. The number of phosphoric acid groups is 2. The van der Waals surface area contributed by atoms with Gasteiger partial charge >= 0.3 is 39.5 Å². The van der Waals surface area contributed by atoms with Crippen LogP contribution < -0.4 is 0 Å². The summed E-state index contributed by atoms with van der Waals surface area (Å²) in [5.74, 6) is 1.09. The fraction of sp³-hybridized carbons (Fsp3) is 0.951. The molecule has 0 aliphatic heterocycles. The average Bonchev–Trinajstić information content (AvgIpc) is 0.948. The molecule has 100 heavy (non-hydrogen) atoms. The molecule has 0 aliphatic rings. The summed E-state index contributed by atoms with van der Waals surface area (Å²) in [6.07, 6.45) is 56.7. The van der Waals surface area contributed by atoms with Gasteiger partial charge in [-0.2, -0.15) is 0 Å². The van der Waals surface area contributed by atoms with Gasteiger partial charge in [-0.1, -0.05) is 364 Å². The van der Waals surface area contributed by atoms with Crippen molar-refractivity contribution in [2.45, 2.75) is 433 Å². The number of hydrogen-bond donors (Lipinski definition) is 3. The number of aliphatic hydroxyl groups excluding tert-OH is 1. The summed E-state index contributed by atoms with van der Waals surface area (Å²) in [6.45, 7) is 14.3. The maximum absolute atomic E-state index is 13.1. The summed E-state index contributed by atoms with van der Waals surface area (Å²) in [7, 11) is -9.92. The molecular weight excluding hydrogens is 1310 g/mol. The molecule has 0 spiro atoms. The summed E-state index contributed by atoms with van der Waals surface area (Å²) >= 11 is 0. The fourth-order valence-electron chi connectivity index (χ4n) is 12.3. The predicted octanol–water partition coefficient (Wildman–Crippen LogP) is 24.0. The van der Waals surface area contributed by atoms with Crippen LogP contribution in [0.1, 0.15) is 415 Å². The Morgan fingerprint density at radius 1 is 0.280 bits per heavy atom.